The number of esters is 1. The summed E-state index contributed by atoms with van der Waals surface area (Å²) in [5.74, 6) is -0.629. The highest BCUT2D eigenvalue weighted by molar-refractivity contribution is 9.10. The van der Waals surface area contributed by atoms with E-state index in [1.54, 1.807) is 13.0 Å². The van der Waals surface area contributed by atoms with Gasteiger partial charge in [0.05, 0.1) is 18.1 Å². The standard InChI is InChI=1S/C14H18BrNO4S/c1-2-20-13(17)14(8-5-9-21(18,19)10-14)16-12-7-4-3-6-11(12)15/h3-4,6-7,16H,2,5,8-10H2,1H3. The Morgan fingerprint density at radius 3 is 2.76 bits per heavy atom. The highest BCUT2D eigenvalue weighted by Crippen LogP contribution is 2.32. The van der Waals surface area contributed by atoms with Gasteiger partial charge in [-0.25, -0.2) is 13.2 Å². The lowest BCUT2D eigenvalue weighted by Crippen LogP contribution is -2.55. The van der Waals surface area contributed by atoms with E-state index >= 15 is 0 Å². The molecule has 1 fully saturated rings. The maximum atomic E-state index is 12.4. The summed E-state index contributed by atoms with van der Waals surface area (Å²) < 4.78 is 29.9. The number of hydrogen-bond acceptors (Lipinski definition) is 5. The summed E-state index contributed by atoms with van der Waals surface area (Å²) in [5.41, 5.74) is -0.528. The molecular formula is C14H18BrNO4S. The zero-order chi connectivity index (χ0) is 15.5. The van der Waals surface area contributed by atoms with E-state index in [1.807, 2.05) is 18.2 Å². The molecule has 5 nitrogen and oxygen atoms in total. The first-order chi connectivity index (χ1) is 9.88. The van der Waals surface area contributed by atoms with Crippen molar-refractivity contribution < 1.29 is 17.9 Å². The van der Waals surface area contributed by atoms with Crippen LogP contribution in [-0.4, -0.2) is 38.0 Å². The van der Waals surface area contributed by atoms with Crippen LogP contribution in [0, 0.1) is 0 Å². The smallest absolute Gasteiger partial charge is 0.332 e. The number of para-hydroxylation sites is 1. The fourth-order valence-electron chi connectivity index (χ4n) is 2.51. The number of ether oxygens (including phenoxy) is 1. The zero-order valence-corrected chi connectivity index (χ0v) is 14.2. The molecule has 7 heteroatoms. The lowest BCUT2D eigenvalue weighted by Gasteiger charge is -2.36. The number of anilines is 1. The number of hydrogen-bond donors (Lipinski definition) is 1. The lowest BCUT2D eigenvalue weighted by atomic mass is 9.95. The monoisotopic (exact) mass is 375 g/mol. The van der Waals surface area contributed by atoms with Crippen molar-refractivity contribution in [1.82, 2.24) is 0 Å². The summed E-state index contributed by atoms with van der Waals surface area (Å²) in [6.07, 6.45) is 0.880. The topological polar surface area (TPSA) is 72.5 Å². The molecule has 2 rings (SSSR count). The molecular weight excluding hydrogens is 358 g/mol. The quantitative estimate of drug-likeness (QED) is 0.817. The second kappa shape index (κ2) is 6.36. The van der Waals surface area contributed by atoms with Crippen molar-refractivity contribution in [2.45, 2.75) is 25.3 Å². The SMILES string of the molecule is CCOC(=O)C1(Nc2ccccc2Br)CCCS(=O)(=O)C1. The molecule has 1 aliphatic heterocycles. The predicted molar refractivity (Wildman–Crippen MR) is 85.0 cm³/mol. The van der Waals surface area contributed by atoms with Gasteiger partial charge >= 0.3 is 5.97 Å². The molecule has 1 aromatic carbocycles. The minimum atomic E-state index is -3.27. The van der Waals surface area contributed by atoms with E-state index < -0.39 is 21.3 Å². The molecule has 1 atom stereocenters. The molecule has 1 aliphatic rings. The molecule has 0 amide bonds. The van der Waals surface area contributed by atoms with Crippen LogP contribution in [0.1, 0.15) is 19.8 Å². The minimum absolute atomic E-state index is 0.117. The minimum Gasteiger partial charge on any atom is -0.464 e. The maximum Gasteiger partial charge on any atom is 0.332 e. The second-order valence-electron chi connectivity index (χ2n) is 5.10. The Labute approximate surface area is 133 Å². The van der Waals surface area contributed by atoms with E-state index in [2.05, 4.69) is 21.2 Å². The number of rotatable bonds is 4. The zero-order valence-electron chi connectivity index (χ0n) is 11.8. The molecule has 1 unspecified atom stereocenters. The fourth-order valence-corrected chi connectivity index (χ4v) is 4.71. The van der Waals surface area contributed by atoms with Gasteiger partial charge in [0.2, 0.25) is 0 Å². The summed E-state index contributed by atoms with van der Waals surface area (Å²) in [4.78, 5) is 12.4. The van der Waals surface area contributed by atoms with Crippen LogP contribution >= 0.6 is 15.9 Å². The van der Waals surface area contributed by atoms with Crippen molar-refractivity contribution in [2.24, 2.45) is 0 Å². The van der Waals surface area contributed by atoms with Crippen molar-refractivity contribution >= 4 is 37.4 Å². The largest absolute Gasteiger partial charge is 0.464 e. The summed E-state index contributed by atoms with van der Waals surface area (Å²) in [6, 6.07) is 7.30. The van der Waals surface area contributed by atoms with Crippen molar-refractivity contribution in [3.63, 3.8) is 0 Å². The van der Waals surface area contributed by atoms with Gasteiger partial charge in [0.15, 0.2) is 9.84 Å². The van der Waals surface area contributed by atoms with Crippen LogP contribution in [0.4, 0.5) is 5.69 Å². The Hall–Kier alpha value is -1.08. The number of carbonyl (C=O) groups is 1. The molecule has 1 N–H and O–H groups in total. The first-order valence-electron chi connectivity index (χ1n) is 6.79. The van der Waals surface area contributed by atoms with E-state index in [1.165, 1.54) is 0 Å². The lowest BCUT2D eigenvalue weighted by molar-refractivity contribution is -0.148. The molecule has 116 valence electrons. The van der Waals surface area contributed by atoms with Crippen LogP contribution in [0.2, 0.25) is 0 Å². The van der Waals surface area contributed by atoms with E-state index in [0.717, 1.165) is 4.47 Å². The summed E-state index contributed by atoms with van der Waals surface area (Å²) in [6.45, 7) is 1.93. The molecule has 1 aromatic rings. The molecule has 0 bridgehead atoms. The Kier molecular flexibility index (Phi) is 4.93. The molecule has 1 heterocycles. The number of carbonyl (C=O) groups excluding carboxylic acids is 1. The van der Waals surface area contributed by atoms with Crippen LogP contribution in [0.5, 0.6) is 0 Å². The van der Waals surface area contributed by atoms with Gasteiger partial charge in [-0.05, 0) is 47.8 Å². The van der Waals surface area contributed by atoms with E-state index in [0.29, 0.717) is 18.5 Å². The Morgan fingerprint density at radius 1 is 1.43 bits per heavy atom. The van der Waals surface area contributed by atoms with Gasteiger partial charge < -0.3 is 10.1 Å². The first-order valence-corrected chi connectivity index (χ1v) is 9.40. The Bertz CT molecular complexity index is 632. The predicted octanol–water partition coefficient (Wildman–Crippen LogP) is 2.37. The highest BCUT2D eigenvalue weighted by atomic mass is 79.9. The molecule has 0 radical (unpaired) electrons. The van der Waals surface area contributed by atoms with Gasteiger partial charge in [0, 0.05) is 10.2 Å². The molecule has 0 saturated carbocycles. The third-order valence-corrected chi connectivity index (χ3v) is 5.97. The van der Waals surface area contributed by atoms with Crippen molar-refractivity contribution in [3.8, 4) is 0 Å². The molecule has 1 saturated heterocycles. The van der Waals surface area contributed by atoms with Gasteiger partial charge in [-0.3, -0.25) is 0 Å². The summed E-state index contributed by atoms with van der Waals surface area (Å²) in [7, 11) is -3.27. The Morgan fingerprint density at radius 2 is 2.14 bits per heavy atom. The first kappa shape index (κ1) is 16.3. The number of sulfone groups is 1. The van der Waals surface area contributed by atoms with E-state index in [-0.39, 0.29) is 18.1 Å². The molecule has 0 aromatic heterocycles. The molecule has 0 aliphatic carbocycles. The summed E-state index contributed by atoms with van der Waals surface area (Å²) in [5, 5.41) is 3.10. The fraction of sp³-hybridized carbons (Fsp3) is 0.500. The van der Waals surface area contributed by atoms with Crippen molar-refractivity contribution in [1.29, 1.82) is 0 Å². The average molecular weight is 376 g/mol. The van der Waals surface area contributed by atoms with E-state index in [9.17, 15) is 13.2 Å². The van der Waals surface area contributed by atoms with Gasteiger partial charge in [-0.15, -0.1) is 0 Å². The molecule has 0 spiro atoms. The normalized spacial score (nSPS) is 24.3. The van der Waals surface area contributed by atoms with Gasteiger partial charge in [-0.1, -0.05) is 12.1 Å². The van der Waals surface area contributed by atoms with Gasteiger partial charge in [0.1, 0.15) is 5.54 Å². The Balaban J connectivity index is 2.37. The molecule has 21 heavy (non-hydrogen) atoms. The third-order valence-electron chi connectivity index (χ3n) is 3.44. The maximum absolute atomic E-state index is 12.4. The van der Waals surface area contributed by atoms with Crippen LogP contribution < -0.4 is 5.32 Å². The van der Waals surface area contributed by atoms with Gasteiger partial charge in [-0.2, -0.15) is 0 Å². The van der Waals surface area contributed by atoms with Crippen LogP contribution in [-0.2, 0) is 19.4 Å². The van der Waals surface area contributed by atoms with Crippen LogP contribution in [0.25, 0.3) is 0 Å². The van der Waals surface area contributed by atoms with Crippen LogP contribution in [0.3, 0.4) is 0 Å². The number of halogens is 1. The highest BCUT2D eigenvalue weighted by Gasteiger charge is 2.46. The van der Waals surface area contributed by atoms with Gasteiger partial charge in [0.25, 0.3) is 0 Å². The van der Waals surface area contributed by atoms with Crippen LogP contribution in [0.15, 0.2) is 28.7 Å². The number of benzene rings is 1. The summed E-state index contributed by atoms with van der Waals surface area (Å²) >= 11 is 3.40. The van der Waals surface area contributed by atoms with Crippen molar-refractivity contribution in [3.05, 3.63) is 28.7 Å². The van der Waals surface area contributed by atoms with E-state index in [4.69, 9.17) is 4.74 Å². The number of nitrogens with one attached hydrogen (secondary N) is 1. The third kappa shape index (κ3) is 3.77. The second-order valence-corrected chi connectivity index (χ2v) is 8.14. The average Bonchev–Trinajstić information content (AvgIpc) is 2.40. The van der Waals surface area contributed by atoms with Crippen molar-refractivity contribution in [2.75, 3.05) is 23.4 Å².